The minimum Gasteiger partial charge on any atom is -0.444 e. The van der Waals surface area contributed by atoms with Gasteiger partial charge in [0, 0.05) is 19.3 Å². The summed E-state index contributed by atoms with van der Waals surface area (Å²) in [4.78, 5) is 59.2. The van der Waals surface area contributed by atoms with Crippen LogP contribution in [-0.2, 0) is 25.5 Å². The van der Waals surface area contributed by atoms with Gasteiger partial charge in [0.1, 0.15) is 23.2 Å². The van der Waals surface area contributed by atoms with Gasteiger partial charge in [-0.05, 0) is 71.4 Å². The van der Waals surface area contributed by atoms with Gasteiger partial charge in [-0.25, -0.2) is 9.78 Å². The molecule has 1 fully saturated rings. The zero-order chi connectivity index (χ0) is 32.6. The molecule has 2 unspecified atom stereocenters. The minimum absolute atomic E-state index is 0.0262. The van der Waals surface area contributed by atoms with Crippen LogP contribution in [0.15, 0.2) is 73.2 Å². The first-order chi connectivity index (χ1) is 21.3. The Morgan fingerprint density at radius 2 is 1.53 bits per heavy atom. The van der Waals surface area contributed by atoms with Gasteiger partial charge in [-0.2, -0.15) is 0 Å². The van der Waals surface area contributed by atoms with E-state index in [4.69, 9.17) is 4.74 Å². The van der Waals surface area contributed by atoms with Crippen LogP contribution in [0.25, 0.3) is 0 Å². The molecule has 2 aromatic carbocycles. The molecule has 2 heterocycles. The number of rotatable bonds is 11. The summed E-state index contributed by atoms with van der Waals surface area (Å²) in [5.41, 5.74) is -0.284. The average molecular weight is 617 g/mol. The average Bonchev–Trinajstić information content (AvgIpc) is 3.68. The van der Waals surface area contributed by atoms with Gasteiger partial charge in [-0.1, -0.05) is 60.7 Å². The van der Waals surface area contributed by atoms with Crippen molar-refractivity contribution in [3.63, 3.8) is 0 Å². The van der Waals surface area contributed by atoms with Crippen LogP contribution in [-0.4, -0.2) is 68.5 Å². The molecule has 4 rings (SSSR count). The Kier molecular flexibility index (Phi) is 10.6. The molecular weight excluding hydrogens is 572 g/mol. The van der Waals surface area contributed by atoms with Gasteiger partial charge in [0.2, 0.25) is 17.7 Å². The number of hydrogen-bond donors (Lipinski definition) is 3. The van der Waals surface area contributed by atoms with Gasteiger partial charge in [-0.3, -0.25) is 14.4 Å². The Morgan fingerprint density at radius 3 is 2.16 bits per heavy atom. The fourth-order valence-corrected chi connectivity index (χ4v) is 5.12. The third-order valence-electron chi connectivity index (χ3n) is 7.49. The van der Waals surface area contributed by atoms with E-state index in [9.17, 15) is 19.2 Å². The quantitative estimate of drug-likeness (QED) is 0.291. The first kappa shape index (κ1) is 33.2. The standard InChI is InChI=1S/C34H44N6O5/c1-33(2,3)45-32(44)38-34(4,5)31(43)36-26(19-18-24-14-8-6-9-15-24)29(41)37-27-22-40(23-35-27)28(25-16-10-7-11-17-25)30(42)39-20-12-13-21-39/h6-11,14-17,22-23,26,28H,12-13,18-21H2,1-5H3,(H,36,43)(H,37,41)(H,38,44). The summed E-state index contributed by atoms with van der Waals surface area (Å²) < 4.78 is 7.02. The number of benzene rings is 2. The Bertz CT molecular complexity index is 1460. The third kappa shape index (κ3) is 9.41. The number of aryl methyl sites for hydroxylation is 1. The molecule has 3 aromatic rings. The first-order valence-corrected chi connectivity index (χ1v) is 15.4. The lowest BCUT2D eigenvalue weighted by atomic mass is 10.0. The number of likely N-dealkylation sites (tertiary alicyclic amines) is 1. The van der Waals surface area contributed by atoms with Crippen molar-refractivity contribution in [1.29, 1.82) is 0 Å². The van der Waals surface area contributed by atoms with Gasteiger partial charge in [0.25, 0.3) is 0 Å². The van der Waals surface area contributed by atoms with Crippen molar-refractivity contribution in [3.05, 3.63) is 84.3 Å². The van der Waals surface area contributed by atoms with Crippen LogP contribution in [0.3, 0.4) is 0 Å². The first-order valence-electron chi connectivity index (χ1n) is 15.4. The highest BCUT2D eigenvalue weighted by molar-refractivity contribution is 5.98. The van der Waals surface area contributed by atoms with Crippen LogP contribution in [0.5, 0.6) is 0 Å². The Balaban J connectivity index is 1.51. The molecule has 0 spiro atoms. The number of aromatic nitrogens is 2. The highest BCUT2D eigenvalue weighted by Gasteiger charge is 2.35. The van der Waals surface area contributed by atoms with Crippen molar-refractivity contribution in [2.75, 3.05) is 18.4 Å². The Labute approximate surface area is 264 Å². The summed E-state index contributed by atoms with van der Waals surface area (Å²) in [6.45, 7) is 9.70. The van der Waals surface area contributed by atoms with Crippen molar-refractivity contribution in [2.24, 2.45) is 0 Å². The molecule has 11 heteroatoms. The summed E-state index contributed by atoms with van der Waals surface area (Å²) in [7, 11) is 0. The van der Waals surface area contributed by atoms with Crippen LogP contribution in [0.1, 0.15) is 71.0 Å². The van der Waals surface area contributed by atoms with Gasteiger partial charge in [0.05, 0.1) is 6.33 Å². The SMILES string of the molecule is CC(C)(C)OC(=O)NC(C)(C)C(=O)NC(CCc1ccccc1)C(=O)Nc1cn(C(C(=O)N2CCCC2)c2ccccc2)cn1. The number of carbonyl (C=O) groups excluding carboxylic acids is 4. The second-order valence-corrected chi connectivity index (χ2v) is 12.8. The summed E-state index contributed by atoms with van der Waals surface area (Å²) >= 11 is 0. The van der Waals surface area contributed by atoms with Crippen LogP contribution in [0.4, 0.5) is 10.6 Å². The van der Waals surface area contributed by atoms with Gasteiger partial charge in [-0.15, -0.1) is 0 Å². The molecule has 0 saturated carbocycles. The molecule has 1 aliphatic rings. The molecule has 0 bridgehead atoms. The maximum atomic E-state index is 13.6. The Hall–Kier alpha value is -4.67. The molecule has 0 radical (unpaired) electrons. The molecule has 45 heavy (non-hydrogen) atoms. The van der Waals surface area contributed by atoms with Crippen LogP contribution in [0, 0.1) is 0 Å². The molecular formula is C34H44N6O5. The molecule has 0 aliphatic carbocycles. The molecule has 240 valence electrons. The van der Waals surface area contributed by atoms with E-state index in [-0.39, 0.29) is 11.7 Å². The van der Waals surface area contributed by atoms with E-state index in [1.54, 1.807) is 45.4 Å². The number of carbonyl (C=O) groups is 4. The number of ether oxygens (including phenoxy) is 1. The lowest BCUT2D eigenvalue weighted by molar-refractivity contribution is -0.132. The maximum absolute atomic E-state index is 13.6. The fourth-order valence-electron chi connectivity index (χ4n) is 5.12. The summed E-state index contributed by atoms with van der Waals surface area (Å²) in [6.07, 6.45) is 5.19. The van der Waals surface area contributed by atoms with E-state index in [2.05, 4.69) is 20.9 Å². The largest absolute Gasteiger partial charge is 0.444 e. The number of nitrogens with zero attached hydrogens (tertiary/aromatic N) is 3. The van der Waals surface area contributed by atoms with Gasteiger partial charge >= 0.3 is 6.09 Å². The van der Waals surface area contributed by atoms with E-state index in [0.717, 1.165) is 24.0 Å². The normalized spacial score (nSPS) is 14.7. The van der Waals surface area contributed by atoms with E-state index < -0.39 is 41.1 Å². The molecule has 4 amide bonds. The second-order valence-electron chi connectivity index (χ2n) is 12.8. The van der Waals surface area contributed by atoms with E-state index in [1.165, 1.54) is 6.33 Å². The van der Waals surface area contributed by atoms with Crippen molar-refractivity contribution in [3.8, 4) is 0 Å². The number of nitrogens with one attached hydrogen (secondary N) is 3. The second kappa shape index (κ2) is 14.4. The van der Waals surface area contributed by atoms with Crippen molar-refractivity contribution >= 4 is 29.6 Å². The molecule has 1 saturated heterocycles. The van der Waals surface area contributed by atoms with Crippen molar-refractivity contribution < 1.29 is 23.9 Å². The maximum Gasteiger partial charge on any atom is 0.408 e. The topological polar surface area (TPSA) is 135 Å². The zero-order valence-electron chi connectivity index (χ0n) is 26.7. The molecule has 1 aliphatic heterocycles. The Morgan fingerprint density at radius 1 is 0.911 bits per heavy atom. The number of imidazole rings is 1. The zero-order valence-corrected chi connectivity index (χ0v) is 26.7. The molecule has 11 nitrogen and oxygen atoms in total. The summed E-state index contributed by atoms with van der Waals surface area (Å²) in [5, 5.41) is 8.22. The summed E-state index contributed by atoms with van der Waals surface area (Å²) in [6, 6.07) is 17.5. The predicted octanol–water partition coefficient (Wildman–Crippen LogP) is 4.45. The number of amides is 4. The molecule has 3 N–H and O–H groups in total. The van der Waals surface area contributed by atoms with Gasteiger partial charge < -0.3 is 30.2 Å². The van der Waals surface area contributed by atoms with Crippen LogP contribution < -0.4 is 16.0 Å². The summed E-state index contributed by atoms with van der Waals surface area (Å²) in [5.74, 6) is -0.797. The number of alkyl carbamates (subject to hydrolysis) is 1. The molecule has 1 aromatic heterocycles. The van der Waals surface area contributed by atoms with E-state index in [0.29, 0.717) is 25.9 Å². The lowest BCUT2D eigenvalue weighted by Gasteiger charge is -2.29. The van der Waals surface area contributed by atoms with Gasteiger partial charge in [0.15, 0.2) is 5.82 Å². The van der Waals surface area contributed by atoms with E-state index >= 15 is 0 Å². The highest BCUT2D eigenvalue weighted by Crippen LogP contribution is 2.25. The van der Waals surface area contributed by atoms with Crippen LogP contribution >= 0.6 is 0 Å². The predicted molar refractivity (Wildman–Crippen MR) is 171 cm³/mol. The smallest absolute Gasteiger partial charge is 0.408 e. The highest BCUT2D eigenvalue weighted by atomic mass is 16.6. The third-order valence-corrected chi connectivity index (χ3v) is 7.49. The monoisotopic (exact) mass is 616 g/mol. The van der Waals surface area contributed by atoms with E-state index in [1.807, 2.05) is 65.6 Å². The minimum atomic E-state index is -1.37. The van der Waals surface area contributed by atoms with Crippen molar-refractivity contribution in [2.45, 2.75) is 83.5 Å². The molecule has 2 atom stereocenters. The van der Waals surface area contributed by atoms with Crippen LogP contribution in [0.2, 0.25) is 0 Å². The number of hydrogen-bond acceptors (Lipinski definition) is 6. The lowest BCUT2D eigenvalue weighted by Crippen LogP contribution is -2.59. The number of anilines is 1. The fraction of sp³-hybridized carbons (Fsp3) is 0.441. The van der Waals surface area contributed by atoms with Crippen molar-refractivity contribution in [1.82, 2.24) is 25.1 Å².